The molecule has 1 aromatic heterocycles. The number of aromatic nitrogens is 2. The van der Waals surface area contributed by atoms with Crippen LogP contribution in [0.2, 0.25) is 0 Å². The minimum Gasteiger partial charge on any atom is -0.393 e. The second-order valence-corrected chi connectivity index (χ2v) is 6.81. The molecule has 0 amide bonds. The van der Waals surface area contributed by atoms with Crippen LogP contribution in [0.4, 0.5) is 5.69 Å². The second-order valence-electron chi connectivity index (χ2n) is 6.81. The molecule has 1 aliphatic heterocycles. The van der Waals surface area contributed by atoms with Gasteiger partial charge >= 0.3 is 0 Å². The SMILES string of the molecule is OC1CCN(Cc2ccc(NCc3ccc4nc[nH]c4c3)cc2)CC1. The molecule has 3 N–H and O–H groups in total. The summed E-state index contributed by atoms with van der Waals surface area (Å²) in [6.07, 6.45) is 3.40. The smallest absolute Gasteiger partial charge is 0.0931 e. The Kier molecular flexibility index (Phi) is 4.68. The first-order chi connectivity index (χ1) is 12.3. The van der Waals surface area contributed by atoms with Crippen molar-refractivity contribution in [3.8, 4) is 0 Å². The van der Waals surface area contributed by atoms with E-state index in [9.17, 15) is 5.11 Å². The molecule has 0 saturated carbocycles. The molecule has 1 fully saturated rings. The van der Waals surface area contributed by atoms with Crippen LogP contribution in [-0.2, 0) is 13.1 Å². The van der Waals surface area contributed by atoms with Gasteiger partial charge in [-0.05, 0) is 48.2 Å². The molecule has 5 heteroatoms. The maximum absolute atomic E-state index is 9.59. The molecule has 0 bridgehead atoms. The van der Waals surface area contributed by atoms with Crippen molar-refractivity contribution in [1.29, 1.82) is 0 Å². The lowest BCUT2D eigenvalue weighted by molar-refractivity contribution is 0.0792. The van der Waals surface area contributed by atoms with Gasteiger partial charge in [0.1, 0.15) is 0 Å². The number of anilines is 1. The van der Waals surface area contributed by atoms with Gasteiger partial charge in [-0.25, -0.2) is 4.98 Å². The molecule has 2 heterocycles. The Morgan fingerprint density at radius 3 is 2.64 bits per heavy atom. The van der Waals surface area contributed by atoms with Crippen LogP contribution in [0, 0.1) is 0 Å². The molecule has 130 valence electrons. The fourth-order valence-electron chi connectivity index (χ4n) is 3.36. The summed E-state index contributed by atoms with van der Waals surface area (Å²) in [6.45, 7) is 3.72. The zero-order valence-electron chi connectivity index (χ0n) is 14.3. The molecule has 25 heavy (non-hydrogen) atoms. The fourth-order valence-corrected chi connectivity index (χ4v) is 3.36. The average molecular weight is 336 g/mol. The highest BCUT2D eigenvalue weighted by Gasteiger charge is 2.16. The van der Waals surface area contributed by atoms with Gasteiger partial charge in [-0.2, -0.15) is 0 Å². The van der Waals surface area contributed by atoms with Crippen LogP contribution >= 0.6 is 0 Å². The lowest BCUT2D eigenvalue weighted by atomic mass is 10.1. The molecule has 5 nitrogen and oxygen atoms in total. The van der Waals surface area contributed by atoms with Crippen molar-refractivity contribution < 1.29 is 5.11 Å². The minimum absolute atomic E-state index is 0.108. The minimum atomic E-state index is -0.108. The molecule has 3 aromatic rings. The van der Waals surface area contributed by atoms with Crippen molar-refractivity contribution in [2.75, 3.05) is 18.4 Å². The lowest BCUT2D eigenvalue weighted by Gasteiger charge is -2.29. The molecule has 1 saturated heterocycles. The zero-order valence-corrected chi connectivity index (χ0v) is 14.3. The van der Waals surface area contributed by atoms with Gasteiger partial charge in [0, 0.05) is 31.9 Å². The predicted octanol–water partition coefficient (Wildman–Crippen LogP) is 3.13. The van der Waals surface area contributed by atoms with E-state index in [2.05, 4.69) is 56.6 Å². The summed E-state index contributed by atoms with van der Waals surface area (Å²) in [5.74, 6) is 0. The van der Waals surface area contributed by atoms with Crippen molar-refractivity contribution in [2.45, 2.75) is 32.0 Å². The van der Waals surface area contributed by atoms with Gasteiger partial charge in [0.2, 0.25) is 0 Å². The summed E-state index contributed by atoms with van der Waals surface area (Å²) in [5, 5.41) is 13.1. The van der Waals surface area contributed by atoms with E-state index < -0.39 is 0 Å². The Labute approximate surface area is 147 Å². The Bertz CT molecular complexity index is 819. The van der Waals surface area contributed by atoms with Crippen molar-refractivity contribution >= 4 is 16.7 Å². The molecule has 2 aromatic carbocycles. The second kappa shape index (κ2) is 7.25. The number of nitrogens with zero attached hydrogens (tertiary/aromatic N) is 2. The third-order valence-electron chi connectivity index (χ3n) is 4.90. The van der Waals surface area contributed by atoms with Gasteiger partial charge in [-0.1, -0.05) is 18.2 Å². The molecule has 1 aliphatic rings. The van der Waals surface area contributed by atoms with Crippen LogP contribution in [0.5, 0.6) is 0 Å². The van der Waals surface area contributed by atoms with E-state index in [1.54, 1.807) is 6.33 Å². The Hall–Kier alpha value is -2.37. The number of aliphatic hydroxyl groups is 1. The van der Waals surface area contributed by atoms with Gasteiger partial charge in [0.05, 0.1) is 23.5 Å². The number of imidazole rings is 1. The summed E-state index contributed by atoms with van der Waals surface area (Å²) in [7, 11) is 0. The van der Waals surface area contributed by atoms with E-state index in [1.807, 2.05) is 6.07 Å². The molecule has 0 radical (unpaired) electrons. The number of aromatic amines is 1. The van der Waals surface area contributed by atoms with Crippen molar-refractivity contribution in [2.24, 2.45) is 0 Å². The topological polar surface area (TPSA) is 64.2 Å². The first-order valence-corrected chi connectivity index (χ1v) is 8.91. The van der Waals surface area contributed by atoms with E-state index >= 15 is 0 Å². The highest BCUT2D eigenvalue weighted by Crippen LogP contribution is 2.17. The normalized spacial score (nSPS) is 16.4. The number of H-pyrrole nitrogens is 1. The fraction of sp³-hybridized carbons (Fsp3) is 0.350. The number of fused-ring (bicyclic) bond motifs is 1. The zero-order chi connectivity index (χ0) is 17.1. The maximum Gasteiger partial charge on any atom is 0.0931 e. The Morgan fingerprint density at radius 2 is 1.84 bits per heavy atom. The largest absolute Gasteiger partial charge is 0.393 e. The number of likely N-dealkylation sites (tertiary alicyclic amines) is 1. The maximum atomic E-state index is 9.59. The average Bonchev–Trinajstić information content (AvgIpc) is 3.11. The summed E-state index contributed by atoms with van der Waals surface area (Å²) >= 11 is 0. The third kappa shape index (κ3) is 4.00. The molecular weight excluding hydrogens is 312 g/mol. The van der Waals surface area contributed by atoms with Crippen LogP contribution in [0.3, 0.4) is 0 Å². The van der Waals surface area contributed by atoms with E-state index in [0.29, 0.717) is 0 Å². The highest BCUT2D eigenvalue weighted by atomic mass is 16.3. The van der Waals surface area contributed by atoms with Gasteiger partial charge in [-0.15, -0.1) is 0 Å². The van der Waals surface area contributed by atoms with E-state index in [4.69, 9.17) is 0 Å². The third-order valence-corrected chi connectivity index (χ3v) is 4.90. The van der Waals surface area contributed by atoms with Crippen LogP contribution in [0.25, 0.3) is 11.0 Å². The van der Waals surface area contributed by atoms with Crippen LogP contribution in [0.1, 0.15) is 24.0 Å². The number of hydrogen-bond donors (Lipinski definition) is 3. The van der Waals surface area contributed by atoms with Gasteiger partial charge < -0.3 is 15.4 Å². The summed E-state index contributed by atoms with van der Waals surface area (Å²) < 4.78 is 0. The number of nitrogens with one attached hydrogen (secondary N) is 2. The standard InChI is InChI=1S/C20H24N4O/c25-18-7-9-24(10-8-18)13-15-1-4-17(5-2-15)21-12-16-3-6-19-20(11-16)23-14-22-19/h1-6,11,14,18,21,25H,7-10,12-13H2,(H,22,23). The molecule has 0 spiro atoms. The van der Waals surface area contributed by atoms with Crippen LogP contribution in [0.15, 0.2) is 48.8 Å². The monoisotopic (exact) mass is 336 g/mol. The number of hydrogen-bond acceptors (Lipinski definition) is 4. The van der Waals surface area contributed by atoms with Crippen LogP contribution < -0.4 is 5.32 Å². The summed E-state index contributed by atoms with van der Waals surface area (Å²) in [5.41, 5.74) is 5.75. The van der Waals surface area contributed by atoms with Crippen molar-refractivity contribution in [3.63, 3.8) is 0 Å². The molecular formula is C20H24N4O. The van der Waals surface area contributed by atoms with Gasteiger partial charge in [-0.3, -0.25) is 4.90 Å². The van der Waals surface area contributed by atoms with Crippen molar-refractivity contribution in [1.82, 2.24) is 14.9 Å². The lowest BCUT2D eigenvalue weighted by Crippen LogP contribution is -2.35. The summed E-state index contributed by atoms with van der Waals surface area (Å²) in [4.78, 5) is 9.81. The number of rotatable bonds is 5. The number of aliphatic hydroxyl groups excluding tert-OH is 1. The van der Waals surface area contributed by atoms with Gasteiger partial charge in [0.15, 0.2) is 0 Å². The first-order valence-electron chi connectivity index (χ1n) is 8.91. The van der Waals surface area contributed by atoms with Gasteiger partial charge in [0.25, 0.3) is 0 Å². The van der Waals surface area contributed by atoms with E-state index in [1.165, 1.54) is 11.1 Å². The predicted molar refractivity (Wildman–Crippen MR) is 100 cm³/mol. The highest BCUT2D eigenvalue weighted by molar-refractivity contribution is 5.75. The van der Waals surface area contributed by atoms with Crippen LogP contribution in [-0.4, -0.2) is 39.2 Å². The molecule has 0 aliphatic carbocycles. The summed E-state index contributed by atoms with van der Waals surface area (Å²) in [6, 6.07) is 14.9. The number of benzene rings is 2. The number of piperidine rings is 1. The first kappa shape index (κ1) is 16.1. The van der Waals surface area contributed by atoms with E-state index in [0.717, 1.165) is 55.7 Å². The Morgan fingerprint density at radius 1 is 1.08 bits per heavy atom. The molecule has 4 rings (SSSR count). The Balaban J connectivity index is 1.32. The molecule has 0 atom stereocenters. The van der Waals surface area contributed by atoms with E-state index in [-0.39, 0.29) is 6.10 Å². The molecule has 0 unspecified atom stereocenters. The van der Waals surface area contributed by atoms with Crippen molar-refractivity contribution in [3.05, 3.63) is 59.9 Å². The quantitative estimate of drug-likeness (QED) is 0.670.